The topological polar surface area (TPSA) is 69.7 Å². The third kappa shape index (κ3) is 7.35. The van der Waals surface area contributed by atoms with Gasteiger partial charge in [0.15, 0.2) is 18.2 Å². The molecule has 2 aromatic rings. The van der Waals surface area contributed by atoms with Crippen LogP contribution in [-0.4, -0.2) is 41.2 Å². The highest BCUT2D eigenvalue weighted by Crippen LogP contribution is 2.41. The fourth-order valence-corrected chi connectivity index (χ4v) is 5.18. The van der Waals surface area contributed by atoms with Gasteiger partial charge in [0.2, 0.25) is 0 Å². The summed E-state index contributed by atoms with van der Waals surface area (Å²) in [5, 5.41) is -0.0528. The van der Waals surface area contributed by atoms with Crippen molar-refractivity contribution in [3.63, 3.8) is 0 Å². The van der Waals surface area contributed by atoms with Gasteiger partial charge in [-0.25, -0.2) is 12.8 Å². The van der Waals surface area contributed by atoms with Crippen LogP contribution in [0, 0.1) is 5.82 Å². The fraction of sp³-hybridized carbons (Fsp3) is 0.444. The maximum atomic E-state index is 14.3. The molecule has 0 saturated carbocycles. The Balaban J connectivity index is 2.85. The summed E-state index contributed by atoms with van der Waals surface area (Å²) in [7, 11) is -5.59. The first kappa shape index (κ1) is 28.9. The molecule has 0 radical (unpaired) electrons. The summed E-state index contributed by atoms with van der Waals surface area (Å²) in [6.07, 6.45) is 1.15. The molecule has 0 N–H and O–H groups in total. The molecule has 0 heterocycles. The van der Waals surface area contributed by atoms with Crippen molar-refractivity contribution in [1.82, 2.24) is 0 Å². The van der Waals surface area contributed by atoms with Gasteiger partial charge >= 0.3 is 5.97 Å². The maximum Gasteiger partial charge on any atom is 0.303 e. The molecule has 0 spiro atoms. The van der Waals surface area contributed by atoms with Gasteiger partial charge < -0.3 is 9.16 Å². The molecule has 8 heteroatoms. The van der Waals surface area contributed by atoms with Crippen LogP contribution < -0.4 is 0 Å². The van der Waals surface area contributed by atoms with Crippen molar-refractivity contribution >= 4 is 35.3 Å². The Kier molecular flexibility index (Phi) is 8.57. The number of sulfone groups is 1. The smallest absolute Gasteiger partial charge is 0.303 e. The van der Waals surface area contributed by atoms with E-state index >= 15 is 0 Å². The number of rotatable bonds is 8. The third-order valence-electron chi connectivity index (χ3n) is 6.43. The minimum Gasteiger partial charge on any atom is -0.455 e. The molecule has 0 aromatic heterocycles. The molecule has 192 valence electrons. The van der Waals surface area contributed by atoms with Crippen molar-refractivity contribution in [2.75, 3.05) is 12.9 Å². The summed E-state index contributed by atoms with van der Waals surface area (Å²) in [6.45, 7) is 15.7. The fourth-order valence-electron chi connectivity index (χ4n) is 3.61. The molecule has 0 aliphatic heterocycles. The van der Waals surface area contributed by atoms with Crippen molar-refractivity contribution in [3.05, 3.63) is 65.5 Å². The first-order chi connectivity index (χ1) is 15.8. The van der Waals surface area contributed by atoms with E-state index in [0.717, 1.165) is 6.26 Å². The lowest BCUT2D eigenvalue weighted by atomic mass is 9.84. The first-order valence-electron chi connectivity index (χ1n) is 11.5. The van der Waals surface area contributed by atoms with Crippen molar-refractivity contribution in [1.29, 1.82) is 0 Å². The molecule has 35 heavy (non-hydrogen) atoms. The van der Waals surface area contributed by atoms with Crippen LogP contribution in [0.25, 0.3) is 11.1 Å². The van der Waals surface area contributed by atoms with Crippen LogP contribution in [0.3, 0.4) is 0 Å². The van der Waals surface area contributed by atoms with Gasteiger partial charge in [-0.1, -0.05) is 45.0 Å². The molecule has 0 atom stereocenters. The summed E-state index contributed by atoms with van der Waals surface area (Å²) in [5.41, 5.74) is 1.44. The lowest BCUT2D eigenvalue weighted by molar-refractivity contribution is -0.148. The first-order valence-corrected chi connectivity index (χ1v) is 16.3. The number of hydrogen-bond acceptors (Lipinski definition) is 5. The highest BCUT2D eigenvalue weighted by Gasteiger charge is 2.38. The molecule has 0 aliphatic rings. The number of ether oxygens (including phenoxy) is 1. The second-order valence-corrected chi connectivity index (χ2v) is 17.6. The lowest BCUT2D eigenvalue weighted by Crippen LogP contribution is -2.41. The normalized spacial score (nSPS) is 13.9. The number of carbonyl (C=O) groups is 1. The van der Waals surface area contributed by atoms with Gasteiger partial charge in [0.25, 0.3) is 0 Å². The molecule has 0 saturated heterocycles. The molecule has 0 unspecified atom stereocenters. The predicted octanol–water partition coefficient (Wildman–Crippen LogP) is 6.50. The van der Waals surface area contributed by atoms with Crippen LogP contribution in [0.1, 0.15) is 52.7 Å². The Morgan fingerprint density at radius 1 is 0.971 bits per heavy atom. The van der Waals surface area contributed by atoms with Gasteiger partial charge in [-0.3, -0.25) is 4.79 Å². The second kappa shape index (κ2) is 10.4. The Bertz CT molecular complexity index is 1210. The Morgan fingerprint density at radius 3 is 2.00 bits per heavy atom. The van der Waals surface area contributed by atoms with E-state index in [2.05, 4.69) is 33.9 Å². The van der Waals surface area contributed by atoms with Gasteiger partial charge in [-0.15, -0.1) is 0 Å². The molecular formula is C27H37FO5SSi. The molecule has 0 aliphatic carbocycles. The number of halogens is 1. The van der Waals surface area contributed by atoms with Crippen LogP contribution in [-0.2, 0) is 23.8 Å². The highest BCUT2D eigenvalue weighted by atomic mass is 32.2. The average molecular weight is 521 g/mol. The van der Waals surface area contributed by atoms with Gasteiger partial charge in [-0.2, -0.15) is 0 Å². The summed E-state index contributed by atoms with van der Waals surface area (Å²) >= 11 is 0. The van der Waals surface area contributed by atoms with Crippen LogP contribution in [0.15, 0.2) is 53.4 Å². The molecular weight excluding hydrogens is 483 g/mol. The van der Waals surface area contributed by atoms with E-state index in [0.29, 0.717) is 22.3 Å². The molecule has 0 amide bonds. The van der Waals surface area contributed by atoms with Gasteiger partial charge in [-0.05, 0) is 72.9 Å². The standard InChI is InChI=1S/C27H37FO5SSi/c1-19(29)33-27(5,6)25(20-13-15-23(16-14-20)34(7,30)31)24(21-11-10-12-22(28)17-21)18-32-35(8,9)26(2,3)4/h10-17H,18H2,1-9H3/b25-24+. The van der Waals surface area contributed by atoms with E-state index in [1.165, 1.54) is 31.2 Å². The maximum absolute atomic E-state index is 14.3. The largest absolute Gasteiger partial charge is 0.455 e. The summed E-state index contributed by atoms with van der Waals surface area (Å²) in [4.78, 5) is 12.2. The summed E-state index contributed by atoms with van der Waals surface area (Å²) in [5.74, 6) is -0.867. The zero-order valence-electron chi connectivity index (χ0n) is 22.2. The van der Waals surface area contributed by atoms with E-state index < -0.39 is 35.5 Å². The minimum absolute atomic E-state index is 0.0528. The monoisotopic (exact) mass is 520 g/mol. The van der Waals surface area contributed by atoms with E-state index in [1.807, 2.05) is 0 Å². The third-order valence-corrected chi connectivity index (χ3v) is 12.0. The van der Waals surface area contributed by atoms with Crippen LogP contribution in [0.5, 0.6) is 0 Å². The Morgan fingerprint density at radius 2 is 1.54 bits per heavy atom. The predicted molar refractivity (Wildman–Crippen MR) is 142 cm³/mol. The van der Waals surface area contributed by atoms with Crippen LogP contribution in [0.2, 0.25) is 18.1 Å². The summed E-state index contributed by atoms with van der Waals surface area (Å²) in [6, 6.07) is 12.6. The van der Waals surface area contributed by atoms with Crippen molar-refractivity contribution in [2.24, 2.45) is 0 Å². The van der Waals surface area contributed by atoms with Gasteiger partial charge in [0.05, 0.1) is 11.5 Å². The zero-order valence-corrected chi connectivity index (χ0v) is 24.0. The number of esters is 1. The zero-order chi connectivity index (χ0) is 26.8. The average Bonchev–Trinajstić information content (AvgIpc) is 2.68. The second-order valence-electron chi connectivity index (χ2n) is 10.8. The number of carbonyl (C=O) groups excluding carboxylic acids is 1. The molecule has 2 aromatic carbocycles. The van der Waals surface area contributed by atoms with Gasteiger partial charge in [0.1, 0.15) is 11.4 Å². The van der Waals surface area contributed by atoms with E-state index in [4.69, 9.17) is 9.16 Å². The highest BCUT2D eigenvalue weighted by molar-refractivity contribution is 7.90. The Hall–Kier alpha value is -2.29. The van der Waals surface area contributed by atoms with Crippen LogP contribution in [0.4, 0.5) is 4.39 Å². The SMILES string of the molecule is CC(=O)OC(C)(C)/C(=C(\CO[Si](C)(C)C(C)(C)C)c1cccc(F)c1)c1ccc(S(C)(=O)=O)cc1. The van der Waals surface area contributed by atoms with Crippen molar-refractivity contribution < 1.29 is 26.8 Å². The number of hydrogen-bond donors (Lipinski definition) is 0. The lowest BCUT2D eigenvalue weighted by Gasteiger charge is -2.37. The van der Waals surface area contributed by atoms with E-state index in [-0.39, 0.29) is 16.5 Å². The molecule has 0 bridgehead atoms. The quantitative estimate of drug-likeness (QED) is 0.226. The van der Waals surface area contributed by atoms with Crippen LogP contribution >= 0.6 is 0 Å². The number of benzene rings is 2. The van der Waals surface area contributed by atoms with E-state index in [9.17, 15) is 17.6 Å². The minimum atomic E-state index is -3.39. The van der Waals surface area contributed by atoms with E-state index in [1.54, 1.807) is 38.1 Å². The molecule has 0 fully saturated rings. The summed E-state index contributed by atoms with van der Waals surface area (Å²) < 4.78 is 50.7. The van der Waals surface area contributed by atoms with Gasteiger partial charge in [0, 0.05) is 18.8 Å². The molecule has 2 rings (SSSR count). The molecule has 5 nitrogen and oxygen atoms in total. The van der Waals surface area contributed by atoms with Crippen molar-refractivity contribution in [3.8, 4) is 0 Å². The van der Waals surface area contributed by atoms with Crippen molar-refractivity contribution in [2.45, 2.75) is 70.2 Å². The Labute approximate surface area is 210 Å².